The second-order valence-electron chi connectivity index (χ2n) is 5.71. The molecule has 1 aromatic carbocycles. The van der Waals surface area contributed by atoms with Crippen LogP contribution in [0.15, 0.2) is 18.2 Å². The van der Waals surface area contributed by atoms with Crippen LogP contribution in [0.3, 0.4) is 0 Å². The third-order valence-electron chi connectivity index (χ3n) is 4.05. The zero-order chi connectivity index (χ0) is 15.0. The number of aryl methyl sites for hydroxylation is 1. The van der Waals surface area contributed by atoms with Gasteiger partial charge in [-0.25, -0.2) is 0 Å². The van der Waals surface area contributed by atoms with Gasteiger partial charge in [0.05, 0.1) is 12.3 Å². The highest BCUT2D eigenvalue weighted by Gasteiger charge is 2.29. The van der Waals surface area contributed by atoms with Gasteiger partial charge in [0.1, 0.15) is 4.88 Å². The topological polar surface area (TPSA) is 55.6 Å². The van der Waals surface area contributed by atoms with Crippen LogP contribution in [-0.4, -0.2) is 37.6 Å². The number of nitrogens with two attached hydrogens (primary N) is 1. The maximum Gasteiger partial charge on any atom is 0.266 e. The molecule has 1 atom stereocenters. The number of benzene rings is 1. The molecule has 5 heteroatoms. The first-order chi connectivity index (χ1) is 10.1. The van der Waals surface area contributed by atoms with Crippen molar-refractivity contribution in [3.8, 4) is 0 Å². The van der Waals surface area contributed by atoms with Crippen LogP contribution in [0.5, 0.6) is 0 Å². The SMILES string of the molecule is COCC1CCN(C(=O)c2sc3ccc(C)cc3c2N)C1. The summed E-state index contributed by atoms with van der Waals surface area (Å²) in [5.41, 5.74) is 7.99. The monoisotopic (exact) mass is 304 g/mol. The smallest absolute Gasteiger partial charge is 0.266 e. The molecule has 112 valence electrons. The van der Waals surface area contributed by atoms with Gasteiger partial charge in [-0.2, -0.15) is 0 Å². The largest absolute Gasteiger partial charge is 0.397 e. The van der Waals surface area contributed by atoms with Crippen molar-refractivity contribution in [2.45, 2.75) is 13.3 Å². The number of thiophene rings is 1. The lowest BCUT2D eigenvalue weighted by molar-refractivity contribution is 0.0781. The van der Waals surface area contributed by atoms with E-state index < -0.39 is 0 Å². The molecule has 1 amide bonds. The van der Waals surface area contributed by atoms with Crippen LogP contribution in [0.25, 0.3) is 10.1 Å². The van der Waals surface area contributed by atoms with Gasteiger partial charge in [0.25, 0.3) is 5.91 Å². The van der Waals surface area contributed by atoms with Gasteiger partial charge < -0.3 is 15.4 Å². The van der Waals surface area contributed by atoms with Gasteiger partial charge in [-0.05, 0) is 25.5 Å². The quantitative estimate of drug-likeness (QED) is 0.948. The number of ether oxygens (including phenoxy) is 1. The molecular formula is C16H20N2O2S. The van der Waals surface area contributed by atoms with Crippen molar-refractivity contribution < 1.29 is 9.53 Å². The molecule has 0 spiro atoms. The fraction of sp³-hybridized carbons (Fsp3) is 0.438. The Labute approximate surface area is 128 Å². The standard InChI is InChI=1S/C16H20N2O2S/c1-10-3-4-13-12(7-10)14(17)15(21-13)16(19)18-6-5-11(8-18)9-20-2/h3-4,7,11H,5-6,8-9,17H2,1-2H3. The Bertz CT molecular complexity index is 680. The number of anilines is 1. The molecule has 1 fully saturated rings. The molecule has 1 unspecified atom stereocenters. The van der Waals surface area contributed by atoms with Crippen LogP contribution in [0, 0.1) is 12.8 Å². The van der Waals surface area contributed by atoms with Crippen LogP contribution >= 0.6 is 11.3 Å². The van der Waals surface area contributed by atoms with Gasteiger partial charge in [-0.3, -0.25) is 4.79 Å². The van der Waals surface area contributed by atoms with Gasteiger partial charge in [0.15, 0.2) is 0 Å². The Kier molecular flexibility index (Phi) is 3.87. The minimum absolute atomic E-state index is 0.0601. The normalized spacial score (nSPS) is 18.6. The minimum Gasteiger partial charge on any atom is -0.397 e. The van der Waals surface area contributed by atoms with Gasteiger partial charge in [-0.15, -0.1) is 11.3 Å². The first-order valence-electron chi connectivity index (χ1n) is 7.17. The average Bonchev–Trinajstić information content (AvgIpc) is 3.05. The van der Waals surface area contributed by atoms with Crippen molar-refractivity contribution >= 4 is 33.0 Å². The third kappa shape index (κ3) is 2.63. The Morgan fingerprint density at radius 2 is 2.33 bits per heavy atom. The maximum absolute atomic E-state index is 12.7. The van der Waals surface area contributed by atoms with Gasteiger partial charge in [0.2, 0.25) is 0 Å². The van der Waals surface area contributed by atoms with E-state index in [1.165, 1.54) is 11.3 Å². The molecule has 2 N–H and O–H groups in total. The third-order valence-corrected chi connectivity index (χ3v) is 5.23. The Morgan fingerprint density at radius 1 is 1.52 bits per heavy atom. The first-order valence-corrected chi connectivity index (χ1v) is 7.98. The summed E-state index contributed by atoms with van der Waals surface area (Å²) in [4.78, 5) is 15.3. The summed E-state index contributed by atoms with van der Waals surface area (Å²) >= 11 is 1.49. The number of methoxy groups -OCH3 is 1. The fourth-order valence-corrected chi connectivity index (χ4v) is 3.99. The van der Waals surface area contributed by atoms with Crippen LogP contribution in [0.1, 0.15) is 21.7 Å². The lowest BCUT2D eigenvalue weighted by Gasteiger charge is -2.15. The summed E-state index contributed by atoms with van der Waals surface area (Å²) in [7, 11) is 1.71. The lowest BCUT2D eigenvalue weighted by atomic mass is 10.1. The maximum atomic E-state index is 12.7. The Balaban J connectivity index is 1.87. The van der Waals surface area contributed by atoms with Gasteiger partial charge >= 0.3 is 0 Å². The van der Waals surface area contributed by atoms with E-state index in [0.29, 0.717) is 23.1 Å². The van der Waals surface area contributed by atoms with Crippen molar-refractivity contribution in [3.05, 3.63) is 28.6 Å². The van der Waals surface area contributed by atoms with Crippen LogP contribution in [-0.2, 0) is 4.74 Å². The highest BCUT2D eigenvalue weighted by molar-refractivity contribution is 7.21. The number of carbonyl (C=O) groups is 1. The average molecular weight is 304 g/mol. The highest BCUT2D eigenvalue weighted by atomic mass is 32.1. The van der Waals surface area contributed by atoms with Crippen LogP contribution < -0.4 is 5.73 Å². The number of amides is 1. The number of fused-ring (bicyclic) bond motifs is 1. The Hall–Kier alpha value is -1.59. The number of likely N-dealkylation sites (tertiary alicyclic amines) is 1. The number of nitrogens with zero attached hydrogens (tertiary/aromatic N) is 1. The number of nitrogen functional groups attached to an aromatic ring is 1. The predicted molar refractivity (Wildman–Crippen MR) is 86.9 cm³/mol. The van der Waals surface area contributed by atoms with E-state index >= 15 is 0 Å². The van der Waals surface area contributed by atoms with E-state index in [4.69, 9.17) is 10.5 Å². The second-order valence-corrected chi connectivity index (χ2v) is 6.76. The molecule has 1 saturated heterocycles. The van der Waals surface area contributed by atoms with E-state index in [1.807, 2.05) is 17.9 Å². The summed E-state index contributed by atoms with van der Waals surface area (Å²) in [5, 5.41) is 0.996. The molecule has 2 heterocycles. The summed E-state index contributed by atoms with van der Waals surface area (Å²) in [5.74, 6) is 0.502. The molecule has 2 aromatic rings. The van der Waals surface area contributed by atoms with E-state index in [2.05, 4.69) is 12.1 Å². The zero-order valence-corrected chi connectivity index (χ0v) is 13.2. The minimum atomic E-state index is 0.0601. The molecule has 21 heavy (non-hydrogen) atoms. The van der Waals surface area contributed by atoms with Gasteiger partial charge in [0, 0.05) is 36.2 Å². The second kappa shape index (κ2) is 5.66. The molecular weight excluding hydrogens is 284 g/mol. The number of rotatable bonds is 3. The van der Waals surface area contributed by atoms with Crippen molar-refractivity contribution in [1.29, 1.82) is 0 Å². The highest BCUT2D eigenvalue weighted by Crippen LogP contribution is 2.35. The molecule has 1 aliphatic heterocycles. The van der Waals surface area contributed by atoms with Crippen LogP contribution in [0.4, 0.5) is 5.69 Å². The molecule has 1 aromatic heterocycles. The number of hydrogen-bond acceptors (Lipinski definition) is 4. The van der Waals surface area contributed by atoms with Crippen molar-refractivity contribution in [2.75, 3.05) is 32.5 Å². The zero-order valence-electron chi connectivity index (χ0n) is 12.4. The molecule has 0 aliphatic carbocycles. The molecule has 1 aliphatic rings. The molecule has 0 bridgehead atoms. The predicted octanol–water partition coefficient (Wildman–Crippen LogP) is 2.90. The van der Waals surface area contributed by atoms with E-state index in [9.17, 15) is 4.79 Å². The van der Waals surface area contributed by atoms with E-state index in [1.54, 1.807) is 7.11 Å². The van der Waals surface area contributed by atoms with E-state index in [-0.39, 0.29) is 5.91 Å². The summed E-state index contributed by atoms with van der Waals surface area (Å²) in [6, 6.07) is 6.15. The summed E-state index contributed by atoms with van der Waals surface area (Å²) in [6.45, 7) is 4.30. The molecule has 4 nitrogen and oxygen atoms in total. The van der Waals surface area contributed by atoms with Gasteiger partial charge in [-0.1, -0.05) is 11.6 Å². The molecule has 0 radical (unpaired) electrons. The summed E-state index contributed by atoms with van der Waals surface area (Å²) < 4.78 is 6.26. The molecule has 0 saturated carbocycles. The lowest BCUT2D eigenvalue weighted by Crippen LogP contribution is -2.29. The number of carbonyl (C=O) groups excluding carboxylic acids is 1. The molecule has 3 rings (SSSR count). The van der Waals surface area contributed by atoms with Crippen LogP contribution in [0.2, 0.25) is 0 Å². The fourth-order valence-electron chi connectivity index (χ4n) is 2.92. The van der Waals surface area contributed by atoms with Crippen molar-refractivity contribution in [2.24, 2.45) is 5.92 Å². The Morgan fingerprint density at radius 3 is 3.10 bits per heavy atom. The number of hydrogen-bond donors (Lipinski definition) is 1. The van der Waals surface area contributed by atoms with E-state index in [0.717, 1.165) is 35.2 Å². The summed E-state index contributed by atoms with van der Waals surface area (Å²) in [6.07, 6.45) is 1.00. The first kappa shape index (κ1) is 14.4. The van der Waals surface area contributed by atoms with Crippen molar-refractivity contribution in [3.63, 3.8) is 0 Å². The van der Waals surface area contributed by atoms with Crippen molar-refractivity contribution in [1.82, 2.24) is 4.90 Å².